The van der Waals surface area contributed by atoms with Gasteiger partial charge in [-0.2, -0.15) is 0 Å². The van der Waals surface area contributed by atoms with Gasteiger partial charge in [-0.25, -0.2) is 4.79 Å². The van der Waals surface area contributed by atoms with E-state index in [0.717, 1.165) is 25.9 Å². The van der Waals surface area contributed by atoms with Gasteiger partial charge in [-0.3, -0.25) is 14.2 Å². The fraction of sp³-hybridized carbons (Fsp3) is 0.333. The summed E-state index contributed by atoms with van der Waals surface area (Å²) in [4.78, 5) is 40.5. The lowest BCUT2D eigenvalue weighted by Crippen LogP contribution is -2.56. The van der Waals surface area contributed by atoms with E-state index in [1.165, 1.54) is 10.6 Å². The standard InChI is InChI=1S/C21H23N4O3/c26-19-6-1-2-14-25(19)18-9-7-16(8-10-18)20(27)22-17-5-3-11-24(15-17)21(28)23-12-4-13-23/h1-2,5-10,14,17H,3-4,11-13,15H2,(H,22,27). The molecule has 1 aromatic carbocycles. The lowest BCUT2D eigenvalue weighted by molar-refractivity contribution is 0.0906. The van der Waals surface area contributed by atoms with Crippen LogP contribution in [-0.4, -0.2) is 58.5 Å². The maximum absolute atomic E-state index is 12.6. The van der Waals surface area contributed by atoms with E-state index >= 15 is 0 Å². The second kappa shape index (κ2) is 7.88. The highest BCUT2D eigenvalue weighted by Crippen LogP contribution is 2.16. The predicted molar refractivity (Wildman–Crippen MR) is 105 cm³/mol. The highest BCUT2D eigenvalue weighted by atomic mass is 16.2. The van der Waals surface area contributed by atoms with E-state index in [9.17, 15) is 14.4 Å². The van der Waals surface area contributed by atoms with Gasteiger partial charge in [-0.05, 0) is 49.6 Å². The number of likely N-dealkylation sites (tertiary alicyclic amines) is 2. The molecule has 1 N–H and O–H groups in total. The monoisotopic (exact) mass is 379 g/mol. The SMILES string of the molecule is O=C(NC1[CH]CCN(C(=O)N2CCC2)C1)c1ccc(-n2ccccc2=O)cc1. The van der Waals surface area contributed by atoms with Crippen molar-refractivity contribution >= 4 is 11.9 Å². The summed E-state index contributed by atoms with van der Waals surface area (Å²) in [5, 5.41) is 2.99. The van der Waals surface area contributed by atoms with Gasteiger partial charge in [0.05, 0.1) is 6.04 Å². The van der Waals surface area contributed by atoms with E-state index in [1.807, 2.05) is 9.80 Å². The summed E-state index contributed by atoms with van der Waals surface area (Å²) in [6.07, 6.45) is 5.57. The molecule has 0 saturated carbocycles. The average Bonchev–Trinajstić information content (AvgIpc) is 2.67. The molecule has 1 aromatic heterocycles. The third-order valence-corrected chi connectivity index (χ3v) is 5.21. The minimum Gasteiger partial charge on any atom is -0.347 e. The number of piperidine rings is 1. The topological polar surface area (TPSA) is 74.7 Å². The zero-order chi connectivity index (χ0) is 19.5. The van der Waals surface area contributed by atoms with E-state index in [-0.39, 0.29) is 23.5 Å². The number of benzene rings is 1. The minimum absolute atomic E-state index is 0.0660. The van der Waals surface area contributed by atoms with Crippen molar-refractivity contribution in [2.45, 2.75) is 18.9 Å². The molecule has 4 rings (SSSR count). The first-order valence-electron chi connectivity index (χ1n) is 9.58. The van der Waals surface area contributed by atoms with Crippen molar-refractivity contribution in [2.75, 3.05) is 26.2 Å². The Balaban J connectivity index is 1.38. The summed E-state index contributed by atoms with van der Waals surface area (Å²) in [6.45, 7) is 2.85. The average molecular weight is 379 g/mol. The van der Waals surface area contributed by atoms with Crippen molar-refractivity contribution in [3.05, 3.63) is 71.0 Å². The number of urea groups is 1. The third kappa shape index (κ3) is 3.78. The number of nitrogens with zero attached hydrogens (tertiary/aromatic N) is 3. The number of nitrogens with one attached hydrogen (secondary N) is 1. The van der Waals surface area contributed by atoms with Gasteiger partial charge in [-0.15, -0.1) is 0 Å². The van der Waals surface area contributed by atoms with Crippen molar-refractivity contribution in [3.63, 3.8) is 0 Å². The van der Waals surface area contributed by atoms with Crippen LogP contribution in [0.4, 0.5) is 4.79 Å². The number of carbonyl (C=O) groups excluding carboxylic acids is 2. The maximum atomic E-state index is 12.6. The summed E-state index contributed by atoms with van der Waals surface area (Å²) >= 11 is 0. The molecule has 2 fully saturated rings. The maximum Gasteiger partial charge on any atom is 0.320 e. The summed E-state index contributed by atoms with van der Waals surface area (Å²) < 4.78 is 1.52. The molecule has 2 saturated heterocycles. The Morgan fingerprint density at radius 2 is 1.75 bits per heavy atom. The Hall–Kier alpha value is -3.09. The molecule has 7 heteroatoms. The van der Waals surface area contributed by atoms with E-state index in [1.54, 1.807) is 42.6 Å². The molecule has 2 aromatic rings. The molecule has 0 bridgehead atoms. The Labute approximate surface area is 163 Å². The van der Waals surface area contributed by atoms with Crippen LogP contribution in [0.2, 0.25) is 0 Å². The number of amides is 3. The molecule has 1 radical (unpaired) electrons. The van der Waals surface area contributed by atoms with Crippen LogP contribution in [0.15, 0.2) is 53.5 Å². The molecule has 0 aliphatic carbocycles. The van der Waals surface area contributed by atoms with Crippen LogP contribution in [0.1, 0.15) is 23.2 Å². The highest BCUT2D eigenvalue weighted by molar-refractivity contribution is 5.94. The second-order valence-electron chi connectivity index (χ2n) is 7.13. The molecular formula is C21H23N4O3. The molecule has 2 aliphatic heterocycles. The molecule has 28 heavy (non-hydrogen) atoms. The Bertz CT molecular complexity index is 918. The smallest absolute Gasteiger partial charge is 0.320 e. The first kappa shape index (κ1) is 18.3. The zero-order valence-corrected chi connectivity index (χ0v) is 15.6. The number of hydrogen-bond donors (Lipinski definition) is 1. The Morgan fingerprint density at radius 3 is 2.43 bits per heavy atom. The van der Waals surface area contributed by atoms with Crippen LogP contribution in [0.25, 0.3) is 5.69 Å². The fourth-order valence-corrected chi connectivity index (χ4v) is 3.49. The highest BCUT2D eigenvalue weighted by Gasteiger charge is 2.30. The summed E-state index contributed by atoms with van der Waals surface area (Å²) in [5.41, 5.74) is 1.11. The second-order valence-corrected chi connectivity index (χ2v) is 7.13. The summed E-state index contributed by atoms with van der Waals surface area (Å²) in [7, 11) is 0. The predicted octanol–water partition coefficient (Wildman–Crippen LogP) is 1.67. The number of carbonyl (C=O) groups is 2. The first-order valence-corrected chi connectivity index (χ1v) is 9.58. The number of rotatable bonds is 3. The molecule has 3 amide bonds. The van der Waals surface area contributed by atoms with Gasteiger partial charge < -0.3 is 15.1 Å². The van der Waals surface area contributed by atoms with Gasteiger partial charge >= 0.3 is 6.03 Å². The number of hydrogen-bond acceptors (Lipinski definition) is 3. The van der Waals surface area contributed by atoms with E-state index < -0.39 is 0 Å². The van der Waals surface area contributed by atoms with Gasteiger partial charge in [0.2, 0.25) is 0 Å². The van der Waals surface area contributed by atoms with Gasteiger partial charge in [0, 0.05) is 49.7 Å². The number of aromatic nitrogens is 1. The van der Waals surface area contributed by atoms with Gasteiger partial charge in [0.25, 0.3) is 11.5 Å². The zero-order valence-electron chi connectivity index (χ0n) is 15.6. The third-order valence-electron chi connectivity index (χ3n) is 5.21. The summed E-state index contributed by atoms with van der Waals surface area (Å²) in [5.74, 6) is -0.188. The van der Waals surface area contributed by atoms with Crippen LogP contribution >= 0.6 is 0 Å². The van der Waals surface area contributed by atoms with Crippen LogP contribution in [-0.2, 0) is 0 Å². The molecule has 1 unspecified atom stereocenters. The van der Waals surface area contributed by atoms with Crippen LogP contribution in [0.5, 0.6) is 0 Å². The molecule has 7 nitrogen and oxygen atoms in total. The lowest BCUT2D eigenvalue weighted by atomic mass is 10.0. The Morgan fingerprint density at radius 1 is 0.964 bits per heavy atom. The molecule has 2 aliphatic rings. The summed E-state index contributed by atoms with van der Waals surface area (Å²) in [6, 6.07) is 11.8. The van der Waals surface area contributed by atoms with Gasteiger partial charge in [0.1, 0.15) is 0 Å². The molecular weight excluding hydrogens is 356 g/mol. The van der Waals surface area contributed by atoms with E-state index in [2.05, 4.69) is 11.7 Å². The fourth-order valence-electron chi connectivity index (χ4n) is 3.49. The van der Waals surface area contributed by atoms with Crippen molar-refractivity contribution in [1.29, 1.82) is 0 Å². The molecule has 145 valence electrons. The van der Waals surface area contributed by atoms with E-state index in [4.69, 9.17) is 0 Å². The van der Waals surface area contributed by atoms with Gasteiger partial charge in [0.15, 0.2) is 0 Å². The Kier molecular flexibility index (Phi) is 5.14. The first-order chi connectivity index (χ1) is 13.6. The quantitative estimate of drug-likeness (QED) is 0.882. The van der Waals surface area contributed by atoms with E-state index in [0.29, 0.717) is 24.3 Å². The normalized spacial score (nSPS) is 19.1. The van der Waals surface area contributed by atoms with Gasteiger partial charge in [-0.1, -0.05) is 6.07 Å². The van der Waals surface area contributed by atoms with Crippen LogP contribution in [0, 0.1) is 6.42 Å². The molecule has 1 atom stereocenters. The molecule has 3 heterocycles. The lowest BCUT2D eigenvalue weighted by Gasteiger charge is -2.39. The molecule has 0 spiro atoms. The van der Waals surface area contributed by atoms with Crippen LogP contribution in [0.3, 0.4) is 0 Å². The van der Waals surface area contributed by atoms with Crippen molar-refractivity contribution < 1.29 is 9.59 Å². The van der Waals surface area contributed by atoms with Crippen molar-refractivity contribution in [1.82, 2.24) is 19.7 Å². The minimum atomic E-state index is -0.188. The van der Waals surface area contributed by atoms with Crippen LogP contribution < -0.4 is 10.9 Å². The van der Waals surface area contributed by atoms with Crippen molar-refractivity contribution in [2.24, 2.45) is 0 Å². The van der Waals surface area contributed by atoms with Crippen molar-refractivity contribution in [3.8, 4) is 5.69 Å². The number of pyridine rings is 1. The largest absolute Gasteiger partial charge is 0.347 e.